The number of carbonyl (C=O) groups excluding carboxylic acids is 1. The first-order valence-electron chi connectivity index (χ1n) is 8.45. The van der Waals surface area contributed by atoms with Crippen molar-refractivity contribution < 1.29 is 4.79 Å². The van der Waals surface area contributed by atoms with Crippen molar-refractivity contribution in [1.29, 1.82) is 0 Å². The van der Waals surface area contributed by atoms with E-state index in [0.29, 0.717) is 11.7 Å². The molecule has 1 amide bonds. The highest BCUT2D eigenvalue weighted by Crippen LogP contribution is 2.31. The fourth-order valence-electron chi connectivity index (χ4n) is 3.58. The molecule has 0 spiro atoms. The number of aromatic amines is 1. The third kappa shape index (κ3) is 2.79. The van der Waals surface area contributed by atoms with E-state index < -0.39 is 0 Å². The maximum absolute atomic E-state index is 12.2. The van der Waals surface area contributed by atoms with Crippen LogP contribution in [0, 0.1) is 6.92 Å². The normalized spacial score (nSPS) is 21.0. The Morgan fingerprint density at radius 2 is 2.08 bits per heavy atom. The quantitative estimate of drug-likeness (QED) is 0.778. The van der Waals surface area contributed by atoms with Crippen LogP contribution in [-0.2, 0) is 0 Å². The standard InChI is InChI=1S/C18H21N5O/c1-12-20-11-16(21-12)18(24)22-14-4-6-15(7-5-14)23-10-8-13-3-2-9-19-17(13)23/h2-3,8-11,14-15H,4-7H2,1H3,(H,20,21)(H,22,24). The number of pyridine rings is 1. The highest BCUT2D eigenvalue weighted by atomic mass is 16.2. The molecule has 1 fully saturated rings. The van der Waals surface area contributed by atoms with Crippen LogP contribution < -0.4 is 5.32 Å². The molecule has 3 aromatic heterocycles. The van der Waals surface area contributed by atoms with Crippen molar-refractivity contribution in [1.82, 2.24) is 24.8 Å². The van der Waals surface area contributed by atoms with Crippen molar-refractivity contribution in [3.63, 3.8) is 0 Å². The molecule has 1 aliphatic carbocycles. The lowest BCUT2D eigenvalue weighted by Crippen LogP contribution is -2.38. The van der Waals surface area contributed by atoms with Gasteiger partial charge in [-0.1, -0.05) is 0 Å². The van der Waals surface area contributed by atoms with Gasteiger partial charge in [0.15, 0.2) is 0 Å². The van der Waals surface area contributed by atoms with Crippen molar-refractivity contribution in [2.75, 3.05) is 0 Å². The summed E-state index contributed by atoms with van der Waals surface area (Å²) in [5, 5.41) is 4.30. The van der Waals surface area contributed by atoms with E-state index in [1.165, 1.54) is 5.39 Å². The molecule has 3 heterocycles. The van der Waals surface area contributed by atoms with Gasteiger partial charge in [-0.15, -0.1) is 0 Å². The zero-order valence-electron chi connectivity index (χ0n) is 13.7. The van der Waals surface area contributed by atoms with Crippen LogP contribution in [0.15, 0.2) is 36.8 Å². The van der Waals surface area contributed by atoms with E-state index in [1.807, 2.05) is 19.2 Å². The molecule has 4 rings (SSSR count). The van der Waals surface area contributed by atoms with E-state index in [2.05, 4.69) is 43.2 Å². The Kier molecular flexibility index (Phi) is 3.80. The predicted molar refractivity (Wildman–Crippen MR) is 91.8 cm³/mol. The molecule has 1 aliphatic rings. The SMILES string of the molecule is Cc1ncc(C(=O)NC2CCC(n3ccc4cccnc43)CC2)[nH]1. The molecular formula is C18H21N5O. The van der Waals surface area contributed by atoms with E-state index in [9.17, 15) is 4.79 Å². The first-order valence-corrected chi connectivity index (χ1v) is 8.45. The zero-order valence-corrected chi connectivity index (χ0v) is 13.7. The van der Waals surface area contributed by atoms with Gasteiger partial charge in [-0.2, -0.15) is 0 Å². The number of amides is 1. The van der Waals surface area contributed by atoms with Gasteiger partial charge in [0.05, 0.1) is 6.20 Å². The lowest BCUT2D eigenvalue weighted by molar-refractivity contribution is 0.0918. The average molecular weight is 323 g/mol. The van der Waals surface area contributed by atoms with Crippen LogP contribution in [0.1, 0.15) is 48.0 Å². The Morgan fingerprint density at radius 3 is 2.83 bits per heavy atom. The third-order valence-electron chi connectivity index (χ3n) is 4.85. The fourth-order valence-corrected chi connectivity index (χ4v) is 3.58. The number of rotatable bonds is 3. The molecule has 0 bridgehead atoms. The van der Waals surface area contributed by atoms with Crippen LogP contribution in [0.4, 0.5) is 0 Å². The lowest BCUT2D eigenvalue weighted by atomic mass is 9.91. The number of fused-ring (bicyclic) bond motifs is 1. The Bertz CT molecular complexity index is 857. The van der Waals surface area contributed by atoms with Gasteiger partial charge in [-0.05, 0) is 50.8 Å². The average Bonchev–Trinajstić information content (AvgIpc) is 3.22. The summed E-state index contributed by atoms with van der Waals surface area (Å²) in [4.78, 5) is 23.8. The predicted octanol–water partition coefficient (Wildman–Crippen LogP) is 2.98. The summed E-state index contributed by atoms with van der Waals surface area (Å²) in [6, 6.07) is 6.87. The van der Waals surface area contributed by atoms with Crippen LogP contribution in [0.5, 0.6) is 0 Å². The Balaban J connectivity index is 1.39. The molecule has 0 radical (unpaired) electrons. The minimum Gasteiger partial charge on any atom is -0.348 e. The Labute approximate surface area is 140 Å². The first-order chi connectivity index (χ1) is 11.7. The van der Waals surface area contributed by atoms with Gasteiger partial charge >= 0.3 is 0 Å². The van der Waals surface area contributed by atoms with Crippen LogP contribution in [0.25, 0.3) is 11.0 Å². The van der Waals surface area contributed by atoms with Crippen molar-refractivity contribution in [3.05, 3.63) is 48.3 Å². The monoisotopic (exact) mass is 323 g/mol. The molecule has 1 saturated carbocycles. The topological polar surface area (TPSA) is 75.6 Å². The summed E-state index contributed by atoms with van der Waals surface area (Å²) in [7, 11) is 0. The summed E-state index contributed by atoms with van der Waals surface area (Å²) in [5.41, 5.74) is 1.59. The number of hydrogen-bond acceptors (Lipinski definition) is 3. The van der Waals surface area contributed by atoms with E-state index in [4.69, 9.17) is 0 Å². The van der Waals surface area contributed by atoms with E-state index in [0.717, 1.165) is 37.2 Å². The molecule has 0 saturated heterocycles. The van der Waals surface area contributed by atoms with Crippen molar-refractivity contribution in [3.8, 4) is 0 Å². The molecule has 3 aromatic rings. The second-order valence-electron chi connectivity index (χ2n) is 6.50. The molecule has 6 heteroatoms. The molecule has 0 unspecified atom stereocenters. The van der Waals surface area contributed by atoms with Crippen molar-refractivity contribution >= 4 is 16.9 Å². The van der Waals surface area contributed by atoms with Gasteiger partial charge < -0.3 is 14.9 Å². The van der Waals surface area contributed by atoms with Gasteiger partial charge in [0, 0.05) is 29.9 Å². The fraction of sp³-hybridized carbons (Fsp3) is 0.389. The first kappa shape index (κ1) is 14.9. The van der Waals surface area contributed by atoms with E-state index in [1.54, 1.807) is 6.20 Å². The minimum atomic E-state index is -0.0628. The number of nitrogens with one attached hydrogen (secondary N) is 2. The number of nitrogens with zero attached hydrogens (tertiary/aromatic N) is 3. The molecule has 0 aliphatic heterocycles. The van der Waals surface area contributed by atoms with Gasteiger partial charge in [0.1, 0.15) is 17.2 Å². The highest BCUT2D eigenvalue weighted by molar-refractivity contribution is 5.92. The second-order valence-corrected chi connectivity index (χ2v) is 6.50. The number of hydrogen-bond donors (Lipinski definition) is 2. The lowest BCUT2D eigenvalue weighted by Gasteiger charge is -2.30. The molecular weight excluding hydrogens is 302 g/mol. The summed E-state index contributed by atoms with van der Waals surface area (Å²) in [6.07, 6.45) is 9.63. The number of aryl methyl sites for hydroxylation is 1. The smallest absolute Gasteiger partial charge is 0.269 e. The van der Waals surface area contributed by atoms with Gasteiger partial charge in [0.25, 0.3) is 5.91 Å². The molecule has 24 heavy (non-hydrogen) atoms. The minimum absolute atomic E-state index is 0.0628. The molecule has 0 atom stereocenters. The molecule has 0 aromatic carbocycles. The van der Waals surface area contributed by atoms with Crippen molar-refractivity contribution in [2.24, 2.45) is 0 Å². The number of aromatic nitrogens is 4. The summed E-state index contributed by atoms with van der Waals surface area (Å²) in [6.45, 7) is 1.84. The second kappa shape index (κ2) is 6.11. The molecule has 6 nitrogen and oxygen atoms in total. The summed E-state index contributed by atoms with van der Waals surface area (Å²) >= 11 is 0. The highest BCUT2D eigenvalue weighted by Gasteiger charge is 2.25. The Hall–Kier alpha value is -2.63. The van der Waals surface area contributed by atoms with Crippen LogP contribution in [0.2, 0.25) is 0 Å². The number of imidazole rings is 1. The zero-order chi connectivity index (χ0) is 16.5. The largest absolute Gasteiger partial charge is 0.348 e. The van der Waals surface area contributed by atoms with Gasteiger partial charge in [-0.25, -0.2) is 9.97 Å². The molecule has 2 N–H and O–H groups in total. The Morgan fingerprint density at radius 1 is 1.25 bits per heavy atom. The number of H-pyrrole nitrogens is 1. The van der Waals surface area contributed by atoms with Crippen LogP contribution in [0.3, 0.4) is 0 Å². The third-order valence-corrected chi connectivity index (χ3v) is 4.85. The van der Waals surface area contributed by atoms with Crippen LogP contribution in [-0.4, -0.2) is 31.5 Å². The summed E-state index contributed by atoms with van der Waals surface area (Å²) < 4.78 is 2.28. The maximum atomic E-state index is 12.2. The molecule has 124 valence electrons. The van der Waals surface area contributed by atoms with Gasteiger partial charge in [-0.3, -0.25) is 4.79 Å². The van der Waals surface area contributed by atoms with Gasteiger partial charge in [0.2, 0.25) is 0 Å². The summed E-state index contributed by atoms with van der Waals surface area (Å²) in [5.74, 6) is 0.697. The van der Waals surface area contributed by atoms with Crippen molar-refractivity contribution in [2.45, 2.75) is 44.7 Å². The van der Waals surface area contributed by atoms with E-state index in [-0.39, 0.29) is 11.9 Å². The maximum Gasteiger partial charge on any atom is 0.269 e. The van der Waals surface area contributed by atoms with E-state index >= 15 is 0 Å². The number of carbonyl (C=O) groups is 1. The van der Waals surface area contributed by atoms with Crippen LogP contribution >= 0.6 is 0 Å².